The predicted molar refractivity (Wildman–Crippen MR) is 93.4 cm³/mol. The molecular formula is C17H24N4O3S. The van der Waals surface area contributed by atoms with Gasteiger partial charge in [-0.05, 0) is 44.4 Å². The zero-order valence-corrected chi connectivity index (χ0v) is 15.2. The van der Waals surface area contributed by atoms with E-state index in [0.717, 1.165) is 56.1 Å². The van der Waals surface area contributed by atoms with Crippen molar-refractivity contribution in [3.8, 4) is 0 Å². The number of aromatic nitrogens is 2. The largest absolute Gasteiger partial charge is 0.465 e. The van der Waals surface area contributed by atoms with Crippen molar-refractivity contribution < 1.29 is 12.8 Å². The van der Waals surface area contributed by atoms with Crippen LogP contribution in [-0.4, -0.2) is 41.4 Å². The van der Waals surface area contributed by atoms with Crippen LogP contribution in [0.5, 0.6) is 0 Å². The molecule has 8 heteroatoms. The lowest BCUT2D eigenvalue weighted by Gasteiger charge is -2.33. The van der Waals surface area contributed by atoms with Crippen molar-refractivity contribution >= 4 is 10.0 Å². The first kappa shape index (κ1) is 16.8. The van der Waals surface area contributed by atoms with Crippen LogP contribution in [0.4, 0.5) is 0 Å². The molecule has 0 bridgehead atoms. The van der Waals surface area contributed by atoms with Crippen LogP contribution in [-0.2, 0) is 23.1 Å². The molecular weight excluding hydrogens is 340 g/mol. The van der Waals surface area contributed by atoms with E-state index in [0.29, 0.717) is 6.54 Å². The molecule has 1 saturated carbocycles. The van der Waals surface area contributed by atoms with Gasteiger partial charge < -0.3 is 4.42 Å². The van der Waals surface area contributed by atoms with Gasteiger partial charge >= 0.3 is 0 Å². The summed E-state index contributed by atoms with van der Waals surface area (Å²) in [7, 11) is -3.12. The minimum absolute atomic E-state index is 0.164. The van der Waals surface area contributed by atoms with Gasteiger partial charge in [0, 0.05) is 25.8 Å². The first-order valence-electron chi connectivity index (χ1n) is 8.80. The Kier molecular flexibility index (Phi) is 4.43. The fourth-order valence-corrected chi connectivity index (χ4v) is 4.85. The average molecular weight is 364 g/mol. The molecule has 0 aromatic carbocycles. The third kappa shape index (κ3) is 3.80. The minimum Gasteiger partial charge on any atom is -0.465 e. The van der Waals surface area contributed by atoms with Gasteiger partial charge in [-0.2, -0.15) is 5.10 Å². The second-order valence-corrected chi connectivity index (χ2v) is 9.08. The maximum atomic E-state index is 12.0. The number of hydrogen-bond donors (Lipinski definition) is 1. The number of nitrogens with one attached hydrogen (secondary N) is 1. The summed E-state index contributed by atoms with van der Waals surface area (Å²) in [6, 6.07) is 6.19. The highest BCUT2D eigenvalue weighted by atomic mass is 32.2. The van der Waals surface area contributed by atoms with Crippen LogP contribution in [0.3, 0.4) is 0 Å². The Morgan fingerprint density at radius 3 is 2.88 bits per heavy atom. The summed E-state index contributed by atoms with van der Waals surface area (Å²) in [6.07, 6.45) is 4.13. The maximum Gasteiger partial charge on any atom is 0.214 e. The van der Waals surface area contributed by atoms with Crippen molar-refractivity contribution in [2.24, 2.45) is 0 Å². The zero-order chi connectivity index (χ0) is 17.4. The third-order valence-electron chi connectivity index (χ3n) is 4.87. The van der Waals surface area contributed by atoms with Crippen LogP contribution in [0.1, 0.15) is 42.5 Å². The van der Waals surface area contributed by atoms with Gasteiger partial charge in [0.25, 0.3) is 0 Å². The van der Waals surface area contributed by atoms with Crippen molar-refractivity contribution in [3.05, 3.63) is 41.6 Å². The molecule has 2 aromatic rings. The summed E-state index contributed by atoms with van der Waals surface area (Å²) >= 11 is 0. The van der Waals surface area contributed by atoms with E-state index in [1.165, 1.54) is 0 Å². The van der Waals surface area contributed by atoms with Crippen LogP contribution in [0, 0.1) is 6.92 Å². The lowest BCUT2D eigenvalue weighted by Crippen LogP contribution is -2.39. The molecule has 25 heavy (non-hydrogen) atoms. The van der Waals surface area contributed by atoms with Gasteiger partial charge in [-0.3, -0.25) is 9.58 Å². The highest BCUT2D eigenvalue weighted by Gasteiger charge is 2.35. The van der Waals surface area contributed by atoms with E-state index >= 15 is 0 Å². The molecule has 2 aliphatic rings. The fourth-order valence-electron chi connectivity index (χ4n) is 3.45. The van der Waals surface area contributed by atoms with Crippen molar-refractivity contribution in [1.29, 1.82) is 0 Å². The number of aryl methyl sites for hydroxylation is 1. The smallest absolute Gasteiger partial charge is 0.214 e. The summed E-state index contributed by atoms with van der Waals surface area (Å²) in [4.78, 5) is 2.33. The van der Waals surface area contributed by atoms with Crippen molar-refractivity contribution in [3.63, 3.8) is 0 Å². The van der Waals surface area contributed by atoms with Crippen LogP contribution in [0.2, 0.25) is 0 Å². The minimum atomic E-state index is -3.12. The zero-order valence-electron chi connectivity index (χ0n) is 14.4. The molecule has 0 saturated heterocycles. The first-order valence-corrected chi connectivity index (χ1v) is 10.3. The average Bonchev–Trinajstić information content (AvgIpc) is 3.20. The summed E-state index contributed by atoms with van der Waals surface area (Å²) in [5.74, 6) is 1.88. The van der Waals surface area contributed by atoms with Gasteiger partial charge in [-0.15, -0.1) is 0 Å². The van der Waals surface area contributed by atoms with Crippen LogP contribution in [0.25, 0.3) is 0 Å². The molecule has 136 valence electrons. The van der Waals surface area contributed by atoms with Gasteiger partial charge in [0.15, 0.2) is 0 Å². The molecule has 4 rings (SSSR count). The Morgan fingerprint density at radius 2 is 2.16 bits per heavy atom. The first-order chi connectivity index (χ1) is 12.0. The van der Waals surface area contributed by atoms with E-state index in [1.807, 2.05) is 36.0 Å². The van der Waals surface area contributed by atoms with E-state index < -0.39 is 10.0 Å². The summed E-state index contributed by atoms with van der Waals surface area (Å²) in [5.41, 5.74) is 1.16. The molecule has 1 atom stereocenters. The highest BCUT2D eigenvalue weighted by molar-refractivity contribution is 7.90. The Hall–Kier alpha value is -1.64. The van der Waals surface area contributed by atoms with E-state index in [1.54, 1.807) is 0 Å². The third-order valence-corrected chi connectivity index (χ3v) is 6.83. The Labute approximate surface area is 148 Å². The standard InChI is InChI=1S/C17H24N4O3S/c1-13-2-3-16(24-13)12-20-10-14-6-8-18-21(14)15(11-20)7-9-19-25(22,23)17-4-5-17/h2-3,6,8,15,17,19H,4-5,7,9-12H2,1H3/t15-/m1/s1. The van der Waals surface area contributed by atoms with E-state index in [2.05, 4.69) is 14.7 Å². The second kappa shape index (κ2) is 6.59. The van der Waals surface area contributed by atoms with Gasteiger partial charge in [-0.1, -0.05) is 0 Å². The van der Waals surface area contributed by atoms with Gasteiger partial charge in [0.1, 0.15) is 11.5 Å². The van der Waals surface area contributed by atoms with Gasteiger partial charge in [-0.25, -0.2) is 13.1 Å². The molecule has 1 N–H and O–H groups in total. The Morgan fingerprint density at radius 1 is 1.32 bits per heavy atom. The molecule has 1 aliphatic carbocycles. The molecule has 2 aromatic heterocycles. The van der Waals surface area contributed by atoms with Crippen molar-refractivity contribution in [2.75, 3.05) is 13.1 Å². The van der Waals surface area contributed by atoms with Crippen molar-refractivity contribution in [1.82, 2.24) is 19.4 Å². The molecule has 0 radical (unpaired) electrons. The summed E-state index contributed by atoms with van der Waals surface area (Å²) in [5, 5.41) is 4.27. The summed E-state index contributed by atoms with van der Waals surface area (Å²) < 4.78 is 34.4. The van der Waals surface area contributed by atoms with Crippen LogP contribution in [0.15, 0.2) is 28.8 Å². The van der Waals surface area contributed by atoms with Gasteiger partial charge in [0.2, 0.25) is 10.0 Å². The Balaban J connectivity index is 1.40. The number of furan rings is 1. The number of hydrogen-bond acceptors (Lipinski definition) is 5. The summed E-state index contributed by atoms with van der Waals surface area (Å²) in [6.45, 7) is 4.81. The van der Waals surface area contributed by atoms with Crippen molar-refractivity contribution in [2.45, 2.75) is 50.6 Å². The van der Waals surface area contributed by atoms with Crippen LogP contribution >= 0.6 is 0 Å². The van der Waals surface area contributed by atoms with E-state index in [9.17, 15) is 8.42 Å². The highest BCUT2D eigenvalue weighted by Crippen LogP contribution is 2.28. The fraction of sp³-hybridized carbons (Fsp3) is 0.588. The molecule has 1 aliphatic heterocycles. The topological polar surface area (TPSA) is 80.4 Å². The molecule has 1 fully saturated rings. The number of nitrogens with zero attached hydrogens (tertiary/aromatic N) is 3. The van der Waals surface area contributed by atoms with E-state index in [-0.39, 0.29) is 11.3 Å². The number of rotatable bonds is 7. The molecule has 0 spiro atoms. The lowest BCUT2D eigenvalue weighted by atomic mass is 10.1. The Bertz CT molecular complexity index is 838. The normalized spacial score (nSPS) is 21.4. The number of sulfonamides is 1. The monoisotopic (exact) mass is 364 g/mol. The lowest BCUT2D eigenvalue weighted by molar-refractivity contribution is 0.151. The molecule has 0 amide bonds. The number of fused-ring (bicyclic) bond motifs is 1. The predicted octanol–water partition coefficient (Wildman–Crippen LogP) is 1.81. The SMILES string of the molecule is Cc1ccc(CN2Cc3ccnn3[C@H](CCNS(=O)(=O)C3CC3)C2)o1. The van der Waals surface area contributed by atoms with Crippen LogP contribution < -0.4 is 4.72 Å². The molecule has 7 nitrogen and oxygen atoms in total. The second-order valence-electron chi connectivity index (χ2n) is 7.03. The van der Waals surface area contributed by atoms with Gasteiger partial charge in [0.05, 0.1) is 23.5 Å². The van der Waals surface area contributed by atoms with E-state index in [4.69, 9.17) is 4.42 Å². The molecule has 3 heterocycles. The quantitative estimate of drug-likeness (QED) is 0.810. The molecule has 0 unspecified atom stereocenters. The maximum absolute atomic E-state index is 12.0.